The summed E-state index contributed by atoms with van der Waals surface area (Å²) in [6, 6.07) is 6.25. The third-order valence-corrected chi connectivity index (χ3v) is 3.56. The zero-order valence-corrected chi connectivity index (χ0v) is 14.3. The first-order valence-electron chi connectivity index (χ1n) is 6.98. The van der Waals surface area contributed by atoms with Gasteiger partial charge in [0.15, 0.2) is 0 Å². The molecule has 0 atom stereocenters. The molecule has 1 aromatic carbocycles. The standard InChI is InChI=1S/C16H26BrNO/c1-6-18-10-16(4,5)11-19-15-8-7-13(17)9-14(15)12(2)3/h7-9,12,18H,6,10-11H2,1-5H3. The maximum atomic E-state index is 6.05. The van der Waals surface area contributed by atoms with Crippen molar-refractivity contribution in [1.82, 2.24) is 5.32 Å². The molecular formula is C16H26BrNO. The molecular weight excluding hydrogens is 302 g/mol. The van der Waals surface area contributed by atoms with Gasteiger partial charge in [0.05, 0.1) is 6.61 Å². The number of benzene rings is 1. The maximum Gasteiger partial charge on any atom is 0.122 e. The molecule has 0 bridgehead atoms. The van der Waals surface area contributed by atoms with Crippen molar-refractivity contribution in [1.29, 1.82) is 0 Å². The monoisotopic (exact) mass is 327 g/mol. The second-order valence-electron chi connectivity index (χ2n) is 6.07. The van der Waals surface area contributed by atoms with E-state index in [-0.39, 0.29) is 5.41 Å². The number of hydrogen-bond donors (Lipinski definition) is 1. The maximum absolute atomic E-state index is 6.05. The molecule has 0 unspecified atom stereocenters. The van der Waals surface area contributed by atoms with Gasteiger partial charge in [0.25, 0.3) is 0 Å². The van der Waals surface area contributed by atoms with Crippen LogP contribution in [0, 0.1) is 5.41 Å². The quantitative estimate of drug-likeness (QED) is 0.791. The van der Waals surface area contributed by atoms with Crippen molar-refractivity contribution in [2.45, 2.75) is 40.5 Å². The zero-order valence-electron chi connectivity index (χ0n) is 12.7. The minimum absolute atomic E-state index is 0.136. The molecule has 0 aromatic heterocycles. The van der Waals surface area contributed by atoms with Crippen LogP contribution in [0.3, 0.4) is 0 Å². The lowest BCUT2D eigenvalue weighted by atomic mass is 9.94. The van der Waals surface area contributed by atoms with Crippen LogP contribution in [0.25, 0.3) is 0 Å². The Bertz CT molecular complexity index is 402. The summed E-state index contributed by atoms with van der Waals surface area (Å²) < 4.78 is 7.16. The number of halogens is 1. The predicted octanol–water partition coefficient (Wildman–Crippen LogP) is 4.59. The summed E-state index contributed by atoms with van der Waals surface area (Å²) >= 11 is 3.52. The summed E-state index contributed by atoms with van der Waals surface area (Å²) in [7, 11) is 0. The Labute approximate surface area is 126 Å². The van der Waals surface area contributed by atoms with Gasteiger partial charge in [-0.1, -0.05) is 50.5 Å². The third kappa shape index (κ3) is 5.53. The van der Waals surface area contributed by atoms with Crippen molar-refractivity contribution in [3.8, 4) is 5.75 Å². The van der Waals surface area contributed by atoms with Crippen molar-refractivity contribution in [3.05, 3.63) is 28.2 Å². The van der Waals surface area contributed by atoms with E-state index in [4.69, 9.17) is 4.74 Å². The smallest absolute Gasteiger partial charge is 0.122 e. The molecule has 108 valence electrons. The second kappa shape index (κ2) is 7.30. The van der Waals surface area contributed by atoms with Gasteiger partial charge in [0.2, 0.25) is 0 Å². The SMILES string of the molecule is CCNCC(C)(C)COc1ccc(Br)cc1C(C)C. The number of nitrogens with one attached hydrogen (secondary N) is 1. The van der Waals surface area contributed by atoms with Crippen molar-refractivity contribution in [2.75, 3.05) is 19.7 Å². The van der Waals surface area contributed by atoms with Crippen LogP contribution in [0.2, 0.25) is 0 Å². The molecule has 0 amide bonds. The molecule has 0 fully saturated rings. The first-order valence-corrected chi connectivity index (χ1v) is 7.78. The Morgan fingerprint density at radius 3 is 2.58 bits per heavy atom. The van der Waals surface area contributed by atoms with Gasteiger partial charge in [-0.15, -0.1) is 0 Å². The number of hydrogen-bond acceptors (Lipinski definition) is 2. The van der Waals surface area contributed by atoms with Gasteiger partial charge in [-0.05, 0) is 36.2 Å². The van der Waals surface area contributed by atoms with Crippen LogP contribution in [0.15, 0.2) is 22.7 Å². The Morgan fingerprint density at radius 2 is 2.00 bits per heavy atom. The van der Waals surface area contributed by atoms with Crippen molar-refractivity contribution in [2.24, 2.45) is 5.41 Å². The first kappa shape index (κ1) is 16.5. The minimum atomic E-state index is 0.136. The highest BCUT2D eigenvalue weighted by molar-refractivity contribution is 9.10. The molecule has 0 heterocycles. The normalized spacial score (nSPS) is 11.9. The second-order valence-corrected chi connectivity index (χ2v) is 6.99. The van der Waals surface area contributed by atoms with E-state index in [1.54, 1.807) is 0 Å². The van der Waals surface area contributed by atoms with Crippen LogP contribution < -0.4 is 10.1 Å². The van der Waals surface area contributed by atoms with E-state index in [0.717, 1.165) is 29.9 Å². The average Bonchev–Trinajstić information content (AvgIpc) is 2.35. The molecule has 1 aromatic rings. The van der Waals surface area contributed by atoms with Crippen LogP contribution in [0.1, 0.15) is 46.1 Å². The van der Waals surface area contributed by atoms with Gasteiger partial charge in [-0.2, -0.15) is 0 Å². The van der Waals surface area contributed by atoms with Gasteiger partial charge in [0.1, 0.15) is 5.75 Å². The molecule has 19 heavy (non-hydrogen) atoms. The van der Waals surface area contributed by atoms with Gasteiger partial charge >= 0.3 is 0 Å². The lowest BCUT2D eigenvalue weighted by molar-refractivity contribution is 0.175. The number of ether oxygens (including phenoxy) is 1. The van der Waals surface area contributed by atoms with E-state index in [1.165, 1.54) is 5.56 Å². The Morgan fingerprint density at radius 1 is 1.32 bits per heavy atom. The van der Waals surface area contributed by atoms with Crippen molar-refractivity contribution < 1.29 is 4.74 Å². The average molecular weight is 328 g/mol. The van der Waals surface area contributed by atoms with Gasteiger partial charge in [-0.25, -0.2) is 0 Å². The predicted molar refractivity (Wildman–Crippen MR) is 86.1 cm³/mol. The van der Waals surface area contributed by atoms with Crippen LogP contribution in [0.5, 0.6) is 5.75 Å². The van der Waals surface area contributed by atoms with Gasteiger partial charge in [-0.3, -0.25) is 0 Å². The number of rotatable bonds is 7. The minimum Gasteiger partial charge on any atom is -0.493 e. The van der Waals surface area contributed by atoms with Gasteiger partial charge in [0, 0.05) is 16.4 Å². The summed E-state index contributed by atoms with van der Waals surface area (Å²) in [5.74, 6) is 1.46. The highest BCUT2D eigenvalue weighted by Gasteiger charge is 2.19. The van der Waals surface area contributed by atoms with E-state index in [1.807, 2.05) is 6.07 Å². The molecule has 0 aliphatic carbocycles. The summed E-state index contributed by atoms with van der Waals surface area (Å²) in [6.07, 6.45) is 0. The highest BCUT2D eigenvalue weighted by Crippen LogP contribution is 2.30. The Hall–Kier alpha value is -0.540. The first-order chi connectivity index (χ1) is 8.85. The van der Waals surface area contributed by atoms with Crippen molar-refractivity contribution in [3.63, 3.8) is 0 Å². The lowest BCUT2D eigenvalue weighted by Crippen LogP contribution is -2.34. The van der Waals surface area contributed by atoms with Crippen LogP contribution >= 0.6 is 15.9 Å². The van der Waals surface area contributed by atoms with Crippen LogP contribution in [0.4, 0.5) is 0 Å². The lowest BCUT2D eigenvalue weighted by Gasteiger charge is -2.26. The van der Waals surface area contributed by atoms with Crippen molar-refractivity contribution >= 4 is 15.9 Å². The fourth-order valence-electron chi connectivity index (χ4n) is 1.89. The van der Waals surface area contributed by atoms with E-state index in [2.05, 4.69) is 68.0 Å². The fraction of sp³-hybridized carbons (Fsp3) is 0.625. The van der Waals surface area contributed by atoms with Gasteiger partial charge < -0.3 is 10.1 Å². The Kier molecular flexibility index (Phi) is 6.34. The molecule has 2 nitrogen and oxygen atoms in total. The molecule has 0 saturated carbocycles. The van der Waals surface area contributed by atoms with E-state index < -0.39 is 0 Å². The summed E-state index contributed by atoms with van der Waals surface area (Å²) in [5, 5.41) is 3.38. The molecule has 0 aliphatic heterocycles. The van der Waals surface area contributed by atoms with Crippen LogP contribution in [-0.2, 0) is 0 Å². The Balaban J connectivity index is 2.72. The topological polar surface area (TPSA) is 21.3 Å². The summed E-state index contributed by atoms with van der Waals surface area (Å²) in [6.45, 7) is 13.7. The molecule has 0 aliphatic rings. The fourth-order valence-corrected chi connectivity index (χ4v) is 2.27. The van der Waals surface area contributed by atoms with E-state index in [0.29, 0.717) is 5.92 Å². The van der Waals surface area contributed by atoms with E-state index in [9.17, 15) is 0 Å². The highest BCUT2D eigenvalue weighted by atomic mass is 79.9. The van der Waals surface area contributed by atoms with E-state index >= 15 is 0 Å². The molecule has 1 N–H and O–H groups in total. The summed E-state index contributed by atoms with van der Waals surface area (Å²) in [4.78, 5) is 0. The molecule has 0 spiro atoms. The summed E-state index contributed by atoms with van der Waals surface area (Å²) in [5.41, 5.74) is 1.39. The third-order valence-electron chi connectivity index (χ3n) is 3.07. The van der Waals surface area contributed by atoms with Crippen LogP contribution in [-0.4, -0.2) is 19.7 Å². The molecule has 1 rings (SSSR count). The zero-order chi connectivity index (χ0) is 14.5. The molecule has 3 heteroatoms. The largest absolute Gasteiger partial charge is 0.493 e. The molecule has 0 saturated heterocycles. The molecule has 0 radical (unpaired) electrons.